The average Bonchev–Trinajstić information content (AvgIpc) is 3.15. The lowest BCUT2D eigenvalue weighted by molar-refractivity contribution is -0.137. The molecular weight excluding hydrogens is 420 g/mol. The third-order valence-electron chi connectivity index (χ3n) is 6.58. The van der Waals surface area contributed by atoms with Gasteiger partial charge in [0.25, 0.3) is 5.91 Å². The molecule has 33 heavy (non-hydrogen) atoms. The minimum Gasteiger partial charge on any atom is -0.497 e. The largest absolute Gasteiger partial charge is 0.497 e. The molecule has 0 saturated carbocycles. The number of nitrogens with zero attached hydrogens (tertiary/aromatic N) is 1. The van der Waals surface area contributed by atoms with Crippen LogP contribution in [0.5, 0.6) is 17.2 Å². The van der Waals surface area contributed by atoms with Gasteiger partial charge in [-0.3, -0.25) is 9.59 Å². The topological polar surface area (TPSA) is 77.1 Å². The number of amides is 2. The van der Waals surface area contributed by atoms with Crippen molar-refractivity contribution in [3.63, 3.8) is 0 Å². The number of benzene rings is 2. The summed E-state index contributed by atoms with van der Waals surface area (Å²) in [6.45, 7) is -0.0391. The molecule has 2 aromatic carbocycles. The molecular formula is C26H32N2O5. The number of carbonyl (C=O) groups excluding carboxylic acids is 2. The summed E-state index contributed by atoms with van der Waals surface area (Å²) in [6, 6.07) is 15.1. The van der Waals surface area contributed by atoms with Gasteiger partial charge in [-0.25, -0.2) is 0 Å². The fourth-order valence-electron chi connectivity index (χ4n) is 4.94. The third-order valence-corrected chi connectivity index (χ3v) is 6.58. The predicted octanol–water partition coefficient (Wildman–Crippen LogP) is 3.35. The Morgan fingerprint density at radius 3 is 2.27 bits per heavy atom. The number of nitrogens with one attached hydrogen (secondary N) is 1. The Bertz CT molecular complexity index is 944. The molecule has 7 heteroatoms. The van der Waals surface area contributed by atoms with Gasteiger partial charge in [0.05, 0.1) is 26.3 Å². The van der Waals surface area contributed by atoms with E-state index in [1.807, 2.05) is 41.3 Å². The van der Waals surface area contributed by atoms with E-state index < -0.39 is 0 Å². The highest BCUT2D eigenvalue weighted by atomic mass is 16.5. The van der Waals surface area contributed by atoms with Crippen molar-refractivity contribution < 1.29 is 23.8 Å². The second-order valence-corrected chi connectivity index (χ2v) is 8.69. The minimum absolute atomic E-state index is 0.00115. The Labute approximate surface area is 195 Å². The predicted molar refractivity (Wildman–Crippen MR) is 125 cm³/mol. The van der Waals surface area contributed by atoms with Gasteiger partial charge in [0.1, 0.15) is 17.2 Å². The average molecular weight is 453 g/mol. The van der Waals surface area contributed by atoms with Crippen molar-refractivity contribution in [2.45, 2.75) is 56.7 Å². The van der Waals surface area contributed by atoms with Gasteiger partial charge in [-0.2, -0.15) is 0 Å². The van der Waals surface area contributed by atoms with Crippen LogP contribution in [0.2, 0.25) is 0 Å². The van der Waals surface area contributed by atoms with Gasteiger partial charge in [-0.1, -0.05) is 18.6 Å². The number of rotatable bonds is 7. The molecule has 1 N–H and O–H groups in total. The van der Waals surface area contributed by atoms with E-state index in [0.717, 1.165) is 49.2 Å². The molecule has 0 spiro atoms. The van der Waals surface area contributed by atoms with Crippen LogP contribution in [0.15, 0.2) is 48.5 Å². The van der Waals surface area contributed by atoms with E-state index in [1.54, 1.807) is 26.4 Å². The highest BCUT2D eigenvalue weighted by Gasteiger charge is 2.44. The first-order valence-corrected chi connectivity index (χ1v) is 11.6. The second-order valence-electron chi connectivity index (χ2n) is 8.69. The fraction of sp³-hybridized carbons (Fsp3) is 0.462. The summed E-state index contributed by atoms with van der Waals surface area (Å²) >= 11 is 0. The molecule has 0 bridgehead atoms. The zero-order chi connectivity index (χ0) is 23.2. The first-order chi connectivity index (χ1) is 16.1. The molecule has 2 aliphatic rings. The van der Waals surface area contributed by atoms with Crippen LogP contribution in [0.4, 0.5) is 0 Å². The van der Waals surface area contributed by atoms with Gasteiger partial charge < -0.3 is 24.4 Å². The van der Waals surface area contributed by atoms with E-state index >= 15 is 0 Å². The smallest absolute Gasteiger partial charge is 0.261 e. The van der Waals surface area contributed by atoms with Gasteiger partial charge in [0.2, 0.25) is 5.91 Å². The van der Waals surface area contributed by atoms with Crippen molar-refractivity contribution in [2.75, 3.05) is 20.8 Å². The summed E-state index contributed by atoms with van der Waals surface area (Å²) < 4.78 is 16.3. The molecule has 2 saturated heterocycles. The molecule has 4 rings (SSSR count). The van der Waals surface area contributed by atoms with E-state index in [1.165, 1.54) is 0 Å². The lowest BCUT2D eigenvalue weighted by Crippen LogP contribution is -2.50. The van der Waals surface area contributed by atoms with Crippen molar-refractivity contribution in [1.29, 1.82) is 0 Å². The summed E-state index contributed by atoms with van der Waals surface area (Å²) in [6.07, 6.45) is 4.70. The quantitative estimate of drug-likeness (QED) is 0.697. The van der Waals surface area contributed by atoms with Gasteiger partial charge >= 0.3 is 0 Å². The number of fused-ring (bicyclic) bond motifs is 1. The number of methoxy groups -OCH3 is 2. The lowest BCUT2D eigenvalue weighted by atomic mass is 9.97. The highest BCUT2D eigenvalue weighted by molar-refractivity contribution is 5.80. The van der Waals surface area contributed by atoms with Crippen LogP contribution in [0.3, 0.4) is 0 Å². The second kappa shape index (κ2) is 10.6. The summed E-state index contributed by atoms with van der Waals surface area (Å²) in [7, 11) is 3.26. The maximum atomic E-state index is 13.4. The van der Waals surface area contributed by atoms with Crippen molar-refractivity contribution in [2.24, 2.45) is 0 Å². The Morgan fingerprint density at radius 2 is 1.61 bits per heavy atom. The monoisotopic (exact) mass is 452 g/mol. The van der Waals surface area contributed by atoms with Crippen LogP contribution in [-0.2, 0) is 16.0 Å². The molecule has 2 aliphatic heterocycles. The first-order valence-electron chi connectivity index (χ1n) is 11.6. The standard InChI is InChI=1S/C26H32N2O5/c1-31-20-9-7-18(8-10-20)15-19-16-23-24(5-3-4-6-25(29)27-23)28(19)26(30)17-33-22-13-11-21(32-2)12-14-22/h7-14,19,23-24H,3-6,15-17H2,1-2H3,(H,27,29)/t19-,23+,24-/m1/s1. The Kier molecular flexibility index (Phi) is 7.37. The zero-order valence-electron chi connectivity index (χ0n) is 19.3. The van der Waals surface area contributed by atoms with Gasteiger partial charge in [-0.15, -0.1) is 0 Å². The van der Waals surface area contributed by atoms with E-state index in [9.17, 15) is 9.59 Å². The molecule has 2 amide bonds. The molecule has 0 radical (unpaired) electrons. The highest BCUT2D eigenvalue weighted by Crippen LogP contribution is 2.32. The molecule has 2 aromatic rings. The SMILES string of the molecule is COc1ccc(C[C@@H]2C[C@@H]3NC(=O)CCCC[C@H]3N2C(=O)COc2ccc(OC)cc2)cc1. The van der Waals surface area contributed by atoms with E-state index in [0.29, 0.717) is 12.2 Å². The minimum atomic E-state index is -0.0494. The number of hydrogen-bond donors (Lipinski definition) is 1. The van der Waals surface area contributed by atoms with Crippen molar-refractivity contribution in [1.82, 2.24) is 10.2 Å². The van der Waals surface area contributed by atoms with Crippen LogP contribution < -0.4 is 19.5 Å². The van der Waals surface area contributed by atoms with Crippen LogP contribution in [0.1, 0.15) is 37.7 Å². The van der Waals surface area contributed by atoms with E-state index in [4.69, 9.17) is 14.2 Å². The summed E-state index contributed by atoms with van der Waals surface area (Å²) in [4.78, 5) is 27.7. The van der Waals surface area contributed by atoms with Crippen LogP contribution in [-0.4, -0.2) is 55.7 Å². The van der Waals surface area contributed by atoms with Crippen molar-refractivity contribution in [3.8, 4) is 17.2 Å². The van der Waals surface area contributed by atoms with Gasteiger partial charge in [0, 0.05) is 12.5 Å². The normalized spacial score (nSPS) is 22.5. The summed E-state index contributed by atoms with van der Waals surface area (Å²) in [5.41, 5.74) is 1.13. The van der Waals surface area contributed by atoms with Crippen LogP contribution in [0, 0.1) is 0 Å². The van der Waals surface area contributed by atoms with Crippen LogP contribution >= 0.6 is 0 Å². The Balaban J connectivity index is 1.50. The number of ether oxygens (including phenoxy) is 3. The van der Waals surface area contributed by atoms with Gasteiger partial charge in [0.15, 0.2) is 6.61 Å². The number of carbonyl (C=O) groups is 2. The molecule has 2 heterocycles. The maximum absolute atomic E-state index is 13.4. The zero-order valence-corrected chi connectivity index (χ0v) is 19.3. The van der Waals surface area contributed by atoms with E-state index in [-0.39, 0.29) is 36.5 Å². The molecule has 0 aliphatic carbocycles. The Morgan fingerprint density at radius 1 is 0.970 bits per heavy atom. The molecule has 0 aromatic heterocycles. The molecule has 176 valence electrons. The maximum Gasteiger partial charge on any atom is 0.261 e. The molecule has 7 nitrogen and oxygen atoms in total. The summed E-state index contributed by atoms with van der Waals surface area (Å²) in [5.74, 6) is 2.20. The van der Waals surface area contributed by atoms with E-state index in [2.05, 4.69) is 5.32 Å². The fourth-order valence-corrected chi connectivity index (χ4v) is 4.94. The van der Waals surface area contributed by atoms with Gasteiger partial charge in [-0.05, 0) is 67.6 Å². The lowest BCUT2D eigenvalue weighted by Gasteiger charge is -2.33. The third kappa shape index (κ3) is 5.59. The number of likely N-dealkylation sites (tertiary alicyclic amines) is 1. The van der Waals surface area contributed by atoms with Crippen molar-refractivity contribution in [3.05, 3.63) is 54.1 Å². The first kappa shape index (κ1) is 23.0. The van der Waals surface area contributed by atoms with Crippen LogP contribution in [0.25, 0.3) is 0 Å². The Hall–Kier alpha value is -3.22. The molecule has 3 atom stereocenters. The molecule has 2 fully saturated rings. The summed E-state index contributed by atoms with van der Waals surface area (Å²) in [5, 5.41) is 3.18. The van der Waals surface area contributed by atoms with Crippen molar-refractivity contribution >= 4 is 11.8 Å². The molecule has 0 unspecified atom stereocenters. The number of hydrogen-bond acceptors (Lipinski definition) is 5.